The lowest BCUT2D eigenvalue weighted by molar-refractivity contribution is -0.153. The average Bonchev–Trinajstić information content (AvgIpc) is 2.58. The number of hydrogen-bond donors (Lipinski definition) is 1. The van der Waals surface area contributed by atoms with Crippen molar-refractivity contribution in [3.63, 3.8) is 0 Å². The van der Waals surface area contributed by atoms with E-state index in [-0.39, 0.29) is 0 Å². The zero-order chi connectivity index (χ0) is 11.8. The summed E-state index contributed by atoms with van der Waals surface area (Å²) in [6.07, 6.45) is -4.07. The van der Waals surface area contributed by atoms with Crippen LogP contribution >= 0.6 is 0 Å². The van der Waals surface area contributed by atoms with Crippen LogP contribution in [-0.4, -0.2) is 25.8 Å². The first-order valence-electron chi connectivity index (χ1n) is 4.87. The van der Waals surface area contributed by atoms with E-state index in [4.69, 9.17) is 9.15 Å². The lowest BCUT2D eigenvalue weighted by Gasteiger charge is -2.40. The van der Waals surface area contributed by atoms with Gasteiger partial charge in [-0.05, 0) is 12.1 Å². The van der Waals surface area contributed by atoms with Gasteiger partial charge in [0.2, 0.25) is 5.76 Å². The first-order chi connectivity index (χ1) is 7.45. The van der Waals surface area contributed by atoms with Gasteiger partial charge in [-0.25, -0.2) is 0 Å². The Balaban J connectivity index is 2.08. The third kappa shape index (κ3) is 2.08. The van der Waals surface area contributed by atoms with E-state index in [1.807, 2.05) is 0 Å². The number of furan rings is 1. The molecule has 1 aliphatic heterocycles. The summed E-state index contributed by atoms with van der Waals surface area (Å²) >= 11 is 0. The van der Waals surface area contributed by atoms with Gasteiger partial charge < -0.3 is 14.5 Å². The molecule has 0 spiro atoms. The Bertz CT molecular complexity index is 363. The smallest absolute Gasteiger partial charge is 0.449 e. The van der Waals surface area contributed by atoms with Gasteiger partial charge in [-0.15, -0.1) is 0 Å². The van der Waals surface area contributed by atoms with Crippen molar-refractivity contribution in [1.29, 1.82) is 0 Å². The van der Waals surface area contributed by atoms with Crippen LogP contribution in [0.5, 0.6) is 0 Å². The molecule has 0 amide bonds. The SMILES string of the molecule is COC1(Cc2ccc(C(F)(F)F)o2)CNC1. The van der Waals surface area contributed by atoms with E-state index in [0.717, 1.165) is 6.07 Å². The number of methoxy groups -OCH3 is 1. The molecule has 0 aromatic carbocycles. The molecule has 16 heavy (non-hydrogen) atoms. The van der Waals surface area contributed by atoms with Crippen LogP contribution in [0.15, 0.2) is 16.5 Å². The maximum Gasteiger partial charge on any atom is 0.449 e. The number of rotatable bonds is 3. The van der Waals surface area contributed by atoms with Crippen molar-refractivity contribution in [2.75, 3.05) is 20.2 Å². The minimum absolute atomic E-state index is 0.302. The highest BCUT2D eigenvalue weighted by Crippen LogP contribution is 2.32. The number of ether oxygens (including phenoxy) is 1. The Kier molecular flexibility index (Phi) is 2.71. The normalized spacial score (nSPS) is 19.5. The van der Waals surface area contributed by atoms with E-state index in [0.29, 0.717) is 25.3 Å². The molecule has 2 rings (SSSR count). The van der Waals surface area contributed by atoms with Crippen LogP contribution in [0.1, 0.15) is 11.5 Å². The van der Waals surface area contributed by atoms with Crippen LogP contribution in [0.25, 0.3) is 0 Å². The Morgan fingerprint density at radius 2 is 2.12 bits per heavy atom. The fourth-order valence-corrected chi connectivity index (χ4v) is 1.69. The zero-order valence-electron chi connectivity index (χ0n) is 8.73. The van der Waals surface area contributed by atoms with Crippen LogP contribution in [0.4, 0.5) is 13.2 Å². The van der Waals surface area contributed by atoms with Crippen molar-refractivity contribution in [1.82, 2.24) is 5.32 Å². The molecule has 1 saturated heterocycles. The van der Waals surface area contributed by atoms with Gasteiger partial charge in [0.1, 0.15) is 5.76 Å². The van der Waals surface area contributed by atoms with E-state index in [9.17, 15) is 13.2 Å². The molecular weight excluding hydrogens is 223 g/mol. The molecule has 90 valence electrons. The Morgan fingerprint density at radius 1 is 1.44 bits per heavy atom. The predicted molar refractivity (Wildman–Crippen MR) is 50.0 cm³/mol. The van der Waals surface area contributed by atoms with Gasteiger partial charge >= 0.3 is 6.18 Å². The van der Waals surface area contributed by atoms with E-state index in [2.05, 4.69) is 5.32 Å². The molecule has 1 N–H and O–H groups in total. The van der Waals surface area contributed by atoms with Crippen LogP contribution in [0, 0.1) is 0 Å². The lowest BCUT2D eigenvalue weighted by Crippen LogP contribution is -2.61. The molecule has 0 atom stereocenters. The summed E-state index contributed by atoms with van der Waals surface area (Å²) < 4.78 is 46.8. The number of nitrogens with one attached hydrogen (secondary N) is 1. The maximum absolute atomic E-state index is 12.3. The molecule has 0 radical (unpaired) electrons. The second-order valence-electron chi connectivity index (χ2n) is 3.93. The largest absolute Gasteiger partial charge is 0.456 e. The molecular formula is C10H12F3NO2. The summed E-state index contributed by atoms with van der Waals surface area (Å²) in [4.78, 5) is 0. The van der Waals surface area contributed by atoms with E-state index in [1.54, 1.807) is 7.11 Å². The quantitative estimate of drug-likeness (QED) is 0.867. The van der Waals surface area contributed by atoms with Crippen molar-refractivity contribution in [2.45, 2.75) is 18.2 Å². The summed E-state index contributed by atoms with van der Waals surface area (Å²) in [6.45, 7) is 1.26. The molecule has 2 heterocycles. The highest BCUT2D eigenvalue weighted by molar-refractivity contribution is 5.14. The minimum atomic E-state index is -4.42. The van der Waals surface area contributed by atoms with Gasteiger partial charge in [-0.3, -0.25) is 0 Å². The standard InChI is InChI=1S/C10H12F3NO2/c1-15-9(5-14-6-9)4-7-2-3-8(16-7)10(11,12)13/h2-3,14H,4-6H2,1H3. The van der Waals surface area contributed by atoms with Crippen molar-refractivity contribution >= 4 is 0 Å². The number of halogens is 3. The minimum Gasteiger partial charge on any atom is -0.456 e. The zero-order valence-corrected chi connectivity index (χ0v) is 8.73. The topological polar surface area (TPSA) is 34.4 Å². The van der Waals surface area contributed by atoms with E-state index in [1.165, 1.54) is 6.07 Å². The van der Waals surface area contributed by atoms with Gasteiger partial charge in [-0.2, -0.15) is 13.2 Å². The molecule has 1 aliphatic rings. The predicted octanol–water partition coefficient (Wildman–Crippen LogP) is 1.83. The second-order valence-corrected chi connectivity index (χ2v) is 3.93. The first kappa shape index (κ1) is 11.5. The fraction of sp³-hybridized carbons (Fsp3) is 0.600. The molecule has 1 fully saturated rings. The highest BCUT2D eigenvalue weighted by atomic mass is 19.4. The Hall–Kier alpha value is -1.01. The molecule has 1 aromatic heterocycles. The van der Waals surface area contributed by atoms with E-state index < -0.39 is 17.5 Å². The first-order valence-corrected chi connectivity index (χ1v) is 4.87. The molecule has 6 heteroatoms. The van der Waals surface area contributed by atoms with Crippen LogP contribution in [0.3, 0.4) is 0 Å². The van der Waals surface area contributed by atoms with Gasteiger partial charge in [0.05, 0.1) is 5.60 Å². The fourth-order valence-electron chi connectivity index (χ4n) is 1.69. The van der Waals surface area contributed by atoms with Crippen LogP contribution < -0.4 is 5.32 Å². The maximum atomic E-state index is 12.3. The van der Waals surface area contributed by atoms with Crippen molar-refractivity contribution in [3.05, 3.63) is 23.7 Å². The Labute approximate surface area is 90.6 Å². The van der Waals surface area contributed by atoms with E-state index >= 15 is 0 Å². The number of alkyl halides is 3. The Morgan fingerprint density at radius 3 is 2.50 bits per heavy atom. The summed E-state index contributed by atoms with van der Waals surface area (Å²) in [6, 6.07) is 2.30. The molecule has 0 aliphatic carbocycles. The van der Waals surface area contributed by atoms with Crippen LogP contribution in [-0.2, 0) is 17.3 Å². The van der Waals surface area contributed by atoms with Crippen molar-refractivity contribution in [2.24, 2.45) is 0 Å². The van der Waals surface area contributed by atoms with Gasteiger partial charge in [0, 0.05) is 26.6 Å². The van der Waals surface area contributed by atoms with Gasteiger partial charge in [0.15, 0.2) is 0 Å². The summed E-state index contributed by atoms with van der Waals surface area (Å²) in [5.74, 6) is -0.656. The van der Waals surface area contributed by atoms with Gasteiger partial charge in [0.25, 0.3) is 0 Å². The van der Waals surface area contributed by atoms with Crippen LogP contribution in [0.2, 0.25) is 0 Å². The lowest BCUT2D eigenvalue weighted by atomic mass is 9.91. The summed E-state index contributed by atoms with van der Waals surface area (Å²) in [7, 11) is 1.55. The average molecular weight is 235 g/mol. The highest BCUT2D eigenvalue weighted by Gasteiger charge is 2.40. The molecule has 0 unspecified atom stereocenters. The molecule has 0 saturated carbocycles. The van der Waals surface area contributed by atoms with Crippen molar-refractivity contribution in [3.8, 4) is 0 Å². The summed E-state index contributed by atoms with van der Waals surface area (Å²) in [5.41, 5.74) is -0.416. The molecule has 3 nitrogen and oxygen atoms in total. The molecule has 1 aromatic rings. The second kappa shape index (κ2) is 3.78. The number of hydrogen-bond acceptors (Lipinski definition) is 3. The third-order valence-corrected chi connectivity index (χ3v) is 2.76. The third-order valence-electron chi connectivity index (χ3n) is 2.76. The molecule has 0 bridgehead atoms. The van der Waals surface area contributed by atoms with Crippen molar-refractivity contribution < 1.29 is 22.3 Å². The monoisotopic (exact) mass is 235 g/mol. The van der Waals surface area contributed by atoms with Gasteiger partial charge in [-0.1, -0.05) is 0 Å². The summed E-state index contributed by atoms with van der Waals surface area (Å²) in [5, 5.41) is 3.02.